The van der Waals surface area contributed by atoms with Gasteiger partial charge in [-0.3, -0.25) is 4.68 Å². The van der Waals surface area contributed by atoms with Crippen LogP contribution < -0.4 is 0 Å². The van der Waals surface area contributed by atoms with Gasteiger partial charge in [-0.05, 0) is 64.9 Å². The zero-order chi connectivity index (χ0) is 24.5. The van der Waals surface area contributed by atoms with Crippen LogP contribution in [-0.4, -0.2) is 44.4 Å². The standard InChI is InChI=1S/C27H27N7S/c1-18-24(16-31-34(18)23-10-8-22(9-11-23)32(2)3)20-12-26(27-21(14-29)15-30-33(27)17-20)35-25-7-5-4-6-19(25)13-28/h4-7,12,15-17,22-23H,8-11H2,1-3H3/t22-,23+. The molecule has 4 aromatic rings. The molecule has 1 aliphatic carbocycles. The molecular formula is C27H27N7S. The van der Waals surface area contributed by atoms with Crippen molar-refractivity contribution >= 4 is 17.3 Å². The van der Waals surface area contributed by atoms with E-state index in [1.165, 1.54) is 24.6 Å². The molecule has 7 nitrogen and oxygen atoms in total. The lowest BCUT2D eigenvalue weighted by atomic mass is 9.90. The first-order chi connectivity index (χ1) is 17.0. The third kappa shape index (κ3) is 4.32. The molecule has 8 heteroatoms. The molecule has 0 radical (unpaired) electrons. The van der Waals surface area contributed by atoms with Gasteiger partial charge in [0, 0.05) is 38.9 Å². The van der Waals surface area contributed by atoms with Gasteiger partial charge in [-0.2, -0.15) is 20.7 Å². The van der Waals surface area contributed by atoms with Crippen LogP contribution in [-0.2, 0) is 0 Å². The maximum Gasteiger partial charge on any atom is 0.103 e. The molecule has 1 saturated carbocycles. The Morgan fingerprint density at radius 3 is 2.43 bits per heavy atom. The van der Waals surface area contributed by atoms with Crippen molar-refractivity contribution in [2.24, 2.45) is 0 Å². The lowest BCUT2D eigenvalue weighted by Gasteiger charge is -2.33. The van der Waals surface area contributed by atoms with Crippen LogP contribution in [0.25, 0.3) is 16.6 Å². The topological polar surface area (TPSA) is 85.9 Å². The fraction of sp³-hybridized carbons (Fsp3) is 0.333. The first-order valence-corrected chi connectivity index (χ1v) is 12.6. The number of hydrogen-bond donors (Lipinski definition) is 0. The summed E-state index contributed by atoms with van der Waals surface area (Å²) in [6, 6.07) is 15.2. The predicted octanol–water partition coefficient (Wildman–Crippen LogP) is 5.45. The van der Waals surface area contributed by atoms with Gasteiger partial charge >= 0.3 is 0 Å². The summed E-state index contributed by atoms with van der Waals surface area (Å²) in [6.07, 6.45) is 10.1. The fourth-order valence-corrected chi connectivity index (χ4v) is 6.15. The van der Waals surface area contributed by atoms with Gasteiger partial charge in [-0.15, -0.1) is 0 Å². The Morgan fingerprint density at radius 1 is 0.971 bits per heavy atom. The Hall–Kier alpha value is -3.59. The van der Waals surface area contributed by atoms with Gasteiger partial charge in [-0.1, -0.05) is 23.9 Å². The van der Waals surface area contributed by atoms with Gasteiger partial charge in [0.05, 0.1) is 35.1 Å². The minimum atomic E-state index is 0.412. The highest BCUT2D eigenvalue weighted by Crippen LogP contribution is 2.38. The van der Waals surface area contributed by atoms with Gasteiger partial charge in [0.2, 0.25) is 0 Å². The molecule has 0 amide bonds. The number of pyridine rings is 1. The van der Waals surface area contributed by atoms with Crippen LogP contribution in [0.15, 0.2) is 58.7 Å². The largest absolute Gasteiger partial charge is 0.306 e. The minimum Gasteiger partial charge on any atom is -0.306 e. The van der Waals surface area contributed by atoms with Crippen molar-refractivity contribution in [3.63, 3.8) is 0 Å². The van der Waals surface area contributed by atoms with Crippen molar-refractivity contribution < 1.29 is 0 Å². The number of hydrogen-bond acceptors (Lipinski definition) is 6. The molecule has 0 N–H and O–H groups in total. The summed E-state index contributed by atoms with van der Waals surface area (Å²) >= 11 is 1.49. The first-order valence-electron chi connectivity index (χ1n) is 11.8. The van der Waals surface area contributed by atoms with Gasteiger partial charge in [-0.25, -0.2) is 4.52 Å². The Labute approximate surface area is 209 Å². The smallest absolute Gasteiger partial charge is 0.103 e. The van der Waals surface area contributed by atoms with Crippen LogP contribution in [0, 0.1) is 29.6 Å². The third-order valence-electron chi connectivity index (χ3n) is 7.02. The van der Waals surface area contributed by atoms with E-state index in [1.807, 2.05) is 36.7 Å². The number of nitriles is 2. The van der Waals surface area contributed by atoms with Crippen LogP contribution in [0.1, 0.15) is 48.5 Å². The van der Waals surface area contributed by atoms with Crippen molar-refractivity contribution in [3.05, 3.63) is 65.7 Å². The quantitative estimate of drug-likeness (QED) is 0.377. The monoisotopic (exact) mass is 481 g/mol. The molecule has 35 heavy (non-hydrogen) atoms. The summed E-state index contributed by atoms with van der Waals surface area (Å²) in [4.78, 5) is 4.07. The molecule has 5 rings (SSSR count). The van der Waals surface area contributed by atoms with E-state index in [1.54, 1.807) is 10.7 Å². The summed E-state index contributed by atoms with van der Waals surface area (Å²) in [5, 5.41) is 28.5. The van der Waals surface area contributed by atoms with Gasteiger partial charge < -0.3 is 4.90 Å². The predicted molar refractivity (Wildman–Crippen MR) is 136 cm³/mol. The zero-order valence-electron chi connectivity index (χ0n) is 20.1. The molecule has 0 bridgehead atoms. The lowest BCUT2D eigenvalue weighted by Crippen LogP contribution is -2.33. The molecule has 0 unspecified atom stereocenters. The minimum absolute atomic E-state index is 0.412. The highest BCUT2D eigenvalue weighted by atomic mass is 32.2. The lowest BCUT2D eigenvalue weighted by molar-refractivity contribution is 0.188. The first kappa shape index (κ1) is 23.2. The molecular weight excluding hydrogens is 454 g/mol. The Morgan fingerprint density at radius 2 is 1.71 bits per heavy atom. The maximum absolute atomic E-state index is 9.67. The molecule has 3 aromatic heterocycles. The van der Waals surface area contributed by atoms with Crippen LogP contribution >= 0.6 is 11.8 Å². The van der Waals surface area contributed by atoms with Gasteiger partial charge in [0.15, 0.2) is 0 Å². The van der Waals surface area contributed by atoms with Gasteiger partial charge in [0.1, 0.15) is 12.1 Å². The SMILES string of the molecule is Cc1c(-c2cc(Sc3ccccc3C#N)c3c(C#N)cnn3c2)cnn1[C@H]1CC[C@@H](N(C)C)CC1. The molecule has 0 atom stereocenters. The number of fused-ring (bicyclic) bond motifs is 1. The van der Waals surface area contributed by atoms with Crippen molar-refractivity contribution in [2.75, 3.05) is 14.1 Å². The van der Waals surface area contributed by atoms with Gasteiger partial charge in [0.25, 0.3) is 0 Å². The highest BCUT2D eigenvalue weighted by molar-refractivity contribution is 7.99. The second kappa shape index (κ2) is 9.58. The van der Waals surface area contributed by atoms with E-state index in [-0.39, 0.29) is 0 Å². The summed E-state index contributed by atoms with van der Waals surface area (Å²) in [6.45, 7) is 2.13. The third-order valence-corrected chi connectivity index (χ3v) is 8.13. The van der Waals surface area contributed by atoms with Crippen LogP contribution in [0.4, 0.5) is 0 Å². The molecule has 0 saturated heterocycles. The molecule has 1 fully saturated rings. The molecule has 0 spiro atoms. The molecule has 1 aromatic carbocycles. The van der Waals surface area contributed by atoms with Crippen LogP contribution in [0.2, 0.25) is 0 Å². The summed E-state index contributed by atoms with van der Waals surface area (Å²) < 4.78 is 3.96. The summed E-state index contributed by atoms with van der Waals surface area (Å²) in [7, 11) is 4.33. The average Bonchev–Trinajstić information content (AvgIpc) is 3.47. The Balaban J connectivity index is 1.54. The Bertz CT molecular complexity index is 1460. The van der Waals surface area contributed by atoms with Crippen molar-refractivity contribution in [3.8, 4) is 23.3 Å². The van der Waals surface area contributed by atoms with Crippen LogP contribution in [0.5, 0.6) is 0 Å². The van der Waals surface area contributed by atoms with E-state index in [0.717, 1.165) is 45.0 Å². The highest BCUT2D eigenvalue weighted by Gasteiger charge is 2.26. The van der Waals surface area contributed by atoms with E-state index < -0.39 is 0 Å². The maximum atomic E-state index is 9.67. The summed E-state index contributed by atoms with van der Waals surface area (Å²) in [5.41, 5.74) is 5.06. The van der Waals surface area contributed by atoms with Crippen molar-refractivity contribution in [1.82, 2.24) is 24.3 Å². The van der Waals surface area contributed by atoms with E-state index in [2.05, 4.69) is 53.9 Å². The van der Waals surface area contributed by atoms with Crippen molar-refractivity contribution in [2.45, 2.75) is 54.5 Å². The second-order valence-corrected chi connectivity index (χ2v) is 10.4. The Kier molecular flexibility index (Phi) is 6.34. The number of nitrogens with zero attached hydrogens (tertiary/aromatic N) is 7. The number of aromatic nitrogens is 4. The summed E-state index contributed by atoms with van der Waals surface area (Å²) in [5.74, 6) is 0. The van der Waals surface area contributed by atoms with E-state index >= 15 is 0 Å². The number of benzene rings is 1. The number of rotatable bonds is 5. The zero-order valence-corrected chi connectivity index (χ0v) is 21.0. The molecule has 1 aliphatic rings. The van der Waals surface area contributed by atoms with Crippen LogP contribution in [0.3, 0.4) is 0 Å². The van der Waals surface area contributed by atoms with E-state index in [4.69, 9.17) is 5.10 Å². The fourth-order valence-electron chi connectivity index (χ4n) is 5.05. The average molecular weight is 482 g/mol. The molecule has 3 heterocycles. The normalized spacial score (nSPS) is 18.0. The second-order valence-electron chi connectivity index (χ2n) is 9.28. The molecule has 0 aliphatic heterocycles. The van der Waals surface area contributed by atoms with E-state index in [9.17, 15) is 10.5 Å². The molecule has 176 valence electrons. The van der Waals surface area contributed by atoms with Crippen molar-refractivity contribution in [1.29, 1.82) is 10.5 Å². The van der Waals surface area contributed by atoms with E-state index in [0.29, 0.717) is 23.2 Å².